The molecule has 3 aliphatic rings. The summed E-state index contributed by atoms with van der Waals surface area (Å²) in [6.07, 6.45) is 2.64. The molecule has 1 amide bonds. The molecule has 5 aromatic heterocycles. The molecule has 34 nitrogen and oxygen atoms in total. The van der Waals surface area contributed by atoms with E-state index in [1.165, 1.54) is 27.7 Å². The molecule has 0 atom stereocenters. The van der Waals surface area contributed by atoms with Crippen molar-refractivity contribution in [2.45, 2.75) is 108 Å². The normalized spacial score (nSPS) is 12.2. The van der Waals surface area contributed by atoms with Crippen molar-refractivity contribution in [3.8, 4) is 57.5 Å². The van der Waals surface area contributed by atoms with Gasteiger partial charge in [-0.3, -0.25) is 9.59 Å². The van der Waals surface area contributed by atoms with Crippen LogP contribution in [0.15, 0.2) is 170 Å². The number of nitrogens with two attached hydrogens (primary N) is 5. The maximum Gasteiger partial charge on any atom is 0.369 e. The Kier molecular flexibility index (Phi) is 57.1. The highest BCUT2D eigenvalue weighted by Crippen LogP contribution is 2.39. The molecule has 17 rings (SSSR count). The SMILES string of the molecule is BrB(Br)Br.C1CNCCN1.CCCCO.CCI.CCOc1cc2nc(Cl)nc(N)c2cc1OCC.CCOc1cc2nc(N3CCN(C(=O)Cc4ccc(OCc5ccccc5)cc4)CC3)nc(N)c2cc1OCC.CCOc1cc2nc(N3CCNCC3)nc(N)c2cc1OCC.Cc1cc2nc(Cl)nc(N)c2cc1C.ClCCl.Nc1nc(Cl)nc2cc(O)c(O)cc12.O=C(Cl)Cc1ccc(OCc2ccccc2)cc1. The van der Waals surface area contributed by atoms with Crippen LogP contribution in [-0.2, 0) is 35.6 Å². The summed E-state index contributed by atoms with van der Waals surface area (Å²) >= 11 is 43.5. The van der Waals surface area contributed by atoms with E-state index in [0.29, 0.717) is 189 Å². The fourth-order valence-corrected chi connectivity index (χ4v) is 14.7. The van der Waals surface area contributed by atoms with Gasteiger partial charge in [0, 0.05) is 143 Å². The number of nitrogens with one attached hydrogen (secondary N) is 3. The number of piperazine rings is 3. The molecule has 0 aliphatic carbocycles. The molecule has 0 bridgehead atoms. The number of aryl methyl sites for hydroxylation is 2. The Morgan fingerprint density at radius 1 is 0.399 bits per heavy atom. The number of aromatic nitrogens is 10. The number of carbonyl (C=O) groups excluding carboxylic acids is 2. The summed E-state index contributed by atoms with van der Waals surface area (Å²) in [5.41, 5.74) is 39.3. The molecule has 0 spiro atoms. The first-order valence-corrected chi connectivity index (χ1v) is 54.6. The Hall–Kier alpha value is -10.8. The zero-order chi connectivity index (χ0) is 108. The number of amides is 1. The van der Waals surface area contributed by atoms with E-state index in [1.54, 1.807) is 12.1 Å². The van der Waals surface area contributed by atoms with Crippen molar-refractivity contribution in [2.24, 2.45) is 0 Å². The van der Waals surface area contributed by atoms with E-state index >= 15 is 0 Å². The third-order valence-corrected chi connectivity index (χ3v) is 21.7. The van der Waals surface area contributed by atoms with Crippen LogP contribution in [0.1, 0.15) is 102 Å². The van der Waals surface area contributed by atoms with Crippen LogP contribution in [0.3, 0.4) is 0 Å². The number of alkyl halides is 3. The Balaban J connectivity index is 0.000000239. The molecule has 796 valence electrons. The number of nitrogens with zero attached hydrogens (tertiary/aromatic N) is 13. The molecular formula is C103H128BBr3Cl6IN21O13. The van der Waals surface area contributed by atoms with Gasteiger partial charge in [0.1, 0.15) is 53.8 Å². The first-order chi connectivity index (χ1) is 71.3. The van der Waals surface area contributed by atoms with E-state index in [9.17, 15) is 19.8 Å². The lowest BCUT2D eigenvalue weighted by atomic mass is 10.1. The van der Waals surface area contributed by atoms with Crippen molar-refractivity contribution in [2.75, 3.05) is 173 Å². The van der Waals surface area contributed by atoms with Gasteiger partial charge in [0.05, 0.1) is 79.0 Å². The van der Waals surface area contributed by atoms with Gasteiger partial charge in [-0.2, -0.15) is 9.97 Å². The lowest BCUT2D eigenvalue weighted by Gasteiger charge is -2.35. The van der Waals surface area contributed by atoms with Gasteiger partial charge >= 0.3 is 3.18 Å². The molecule has 0 radical (unpaired) electrons. The predicted molar refractivity (Wildman–Crippen MR) is 623 cm³/mol. The van der Waals surface area contributed by atoms with Crippen LogP contribution in [0.4, 0.5) is 41.0 Å². The number of rotatable bonds is 26. The van der Waals surface area contributed by atoms with Crippen molar-refractivity contribution in [1.82, 2.24) is 70.7 Å². The average molecular weight is 2460 g/mol. The number of aliphatic hydroxyl groups is 1. The average Bonchev–Trinajstić information content (AvgIpc) is 0.771. The number of nitrogen functional groups attached to an aromatic ring is 5. The van der Waals surface area contributed by atoms with Crippen LogP contribution >= 0.6 is 139 Å². The number of hydrogen-bond donors (Lipinski definition) is 11. The number of carbonyl (C=O) groups is 2. The summed E-state index contributed by atoms with van der Waals surface area (Å²) < 4.78 is 46.8. The predicted octanol–water partition coefficient (Wildman–Crippen LogP) is 20.9. The molecule has 14 aromatic rings. The van der Waals surface area contributed by atoms with Gasteiger partial charge in [0.15, 0.2) is 46.0 Å². The lowest BCUT2D eigenvalue weighted by Crippen LogP contribution is -2.49. The van der Waals surface area contributed by atoms with E-state index < -0.39 is 0 Å². The van der Waals surface area contributed by atoms with Crippen LogP contribution in [0.25, 0.3) is 54.5 Å². The zero-order valence-corrected chi connectivity index (χ0v) is 95.7. The number of anilines is 7. The maximum atomic E-state index is 13.0. The molecule has 8 heterocycles. The topological polar surface area (TPSA) is 473 Å². The van der Waals surface area contributed by atoms with Gasteiger partial charge in [-0.05, 0) is 207 Å². The van der Waals surface area contributed by atoms with Crippen molar-refractivity contribution in [3.63, 3.8) is 0 Å². The first kappa shape index (κ1) is 124. The van der Waals surface area contributed by atoms with Crippen LogP contribution in [0, 0.1) is 13.8 Å². The number of unbranched alkanes of at least 4 members (excludes halogenated alkanes) is 1. The second kappa shape index (κ2) is 68.1. The van der Waals surface area contributed by atoms with Crippen LogP contribution in [-0.4, -0.2) is 219 Å². The molecule has 3 fully saturated rings. The number of aliphatic hydroxyl groups excluding tert-OH is 1. The quantitative estimate of drug-likeness (QED) is 0.00599. The van der Waals surface area contributed by atoms with Gasteiger partial charge in [-0.15, -0.1) is 70.5 Å². The van der Waals surface area contributed by atoms with Crippen molar-refractivity contribution in [1.29, 1.82) is 0 Å². The maximum absolute atomic E-state index is 13.0. The standard InChI is InChI=1S/C31H35N5O4.C16H23N5O2.C15H13ClO2.C12H14ClN3O2.C10H10ClN3.C8H6ClN3O2.C4H10N2.C4H10O.C2H5I.CH2Cl2.BBr3/c1-3-38-27-19-25-26(20-28(27)39-4-2)33-31(34-30(25)32)36-16-14-35(15-17-36)29(37)18-22-10-12-24(13-11-22)40-21-23-8-6-5-7-9-23;1-3-22-13-9-11-12(10-14(13)23-4-2)19-16(20-15(11)17)21-7-5-18-6-8-21;16-15(17)10-12-6-8-14(9-7-12)18-11-13-4-2-1-3-5-13;1-3-17-9-5-7-8(6-10(9)18-4-2)15-12(13)16-11(7)14;1-5-3-7-8(4-6(5)2)13-10(11)14-9(7)12;9-8-11-4-2-6(14)5(13)1-3(4)7(10)12-8;1-2-6-4-3-5-1;1-2-3-4-5;1-2-3;2-1-3;2-1(3)4/h5-13,19-20H,3-4,14-18,21H2,1-2H3,(H2,32,33,34);9-10,18H,3-8H2,1-2H3,(H2,17,19,20);1-9H,10-11H2;5-6H,3-4H2,1-2H3,(H2,14,15,16);3-4H,1-2H3,(H2,12,13,14);1-2,13-14H,(H2,10,11,12);5-6H,1-4H2;5H,2-4H2,1H3;2H2,1H3;1H2;. The molecule has 3 aliphatic heterocycles. The summed E-state index contributed by atoms with van der Waals surface area (Å²) in [7, 11) is 0. The number of benzene rings is 9. The fraction of sp³-hybridized carbons (Fsp3) is 0.359. The Labute approximate surface area is 932 Å². The number of phenolic OH excluding ortho intramolecular Hbond substituents is 2. The van der Waals surface area contributed by atoms with Gasteiger partial charge in [-0.1, -0.05) is 128 Å². The lowest BCUT2D eigenvalue weighted by molar-refractivity contribution is -0.130. The molecule has 45 heteroatoms. The molecular weight excluding hydrogens is 2330 g/mol. The van der Waals surface area contributed by atoms with Crippen molar-refractivity contribution in [3.05, 3.63) is 219 Å². The van der Waals surface area contributed by atoms with Crippen LogP contribution in [0.2, 0.25) is 15.9 Å². The molecule has 9 aromatic carbocycles. The summed E-state index contributed by atoms with van der Waals surface area (Å²) in [5, 5.41) is 39.9. The molecule has 0 unspecified atom stereocenters. The highest BCUT2D eigenvalue weighted by molar-refractivity contribution is 14.1. The number of ether oxygens (including phenoxy) is 8. The van der Waals surface area contributed by atoms with Crippen molar-refractivity contribution < 1.29 is 62.8 Å². The van der Waals surface area contributed by atoms with Gasteiger partial charge < -0.3 is 113 Å². The van der Waals surface area contributed by atoms with E-state index in [-0.39, 0.29) is 59.3 Å². The van der Waals surface area contributed by atoms with E-state index in [0.717, 1.165) is 126 Å². The number of aromatic hydroxyl groups is 2. The minimum absolute atomic E-state index is 0.0000831. The number of fused-ring (bicyclic) bond motifs is 5. The summed E-state index contributed by atoms with van der Waals surface area (Å²) in [6.45, 7) is 35.0. The van der Waals surface area contributed by atoms with Crippen molar-refractivity contribution >= 4 is 249 Å². The van der Waals surface area contributed by atoms with Gasteiger partial charge in [0.2, 0.25) is 38.9 Å². The highest BCUT2D eigenvalue weighted by atomic mass is 127. The molecule has 0 saturated carbocycles. The van der Waals surface area contributed by atoms with E-state index in [2.05, 4.69) is 154 Å². The number of hydrogen-bond acceptors (Lipinski definition) is 33. The second-order valence-electron chi connectivity index (χ2n) is 31.7. The van der Waals surface area contributed by atoms with Gasteiger partial charge in [0.25, 0.3) is 0 Å². The molecule has 16 N–H and O–H groups in total. The van der Waals surface area contributed by atoms with E-state index in [1.807, 2.05) is 206 Å². The third-order valence-electron chi connectivity index (χ3n) is 21.1. The highest BCUT2D eigenvalue weighted by Gasteiger charge is 2.26. The Morgan fingerprint density at radius 3 is 1.05 bits per heavy atom. The number of phenols is 2. The molecule has 3 saturated heterocycles. The minimum atomic E-state index is -0.354. The first-order valence-electron chi connectivity index (χ1n) is 47.7. The fourth-order valence-electron chi connectivity index (χ4n) is 14.0. The summed E-state index contributed by atoms with van der Waals surface area (Å²) in [5.74, 6) is 7.99. The van der Waals surface area contributed by atoms with Gasteiger partial charge in [-0.25, -0.2) is 39.9 Å². The zero-order valence-electron chi connectivity index (χ0n) is 84.2. The largest absolute Gasteiger partial charge is 0.504 e. The third kappa shape index (κ3) is 42.6. The molecule has 148 heavy (non-hydrogen) atoms. The summed E-state index contributed by atoms with van der Waals surface area (Å²) in [6, 6.07) is 52.6. The Bertz CT molecular complexity index is 6300. The number of halogens is 10. The van der Waals surface area contributed by atoms with E-state index in [4.69, 9.17) is 146 Å². The second-order valence-corrected chi connectivity index (χ2v) is 41.9. The monoisotopic (exact) mass is 2450 g/mol. The van der Waals surface area contributed by atoms with Crippen LogP contribution in [0.5, 0.6) is 57.5 Å². The summed E-state index contributed by atoms with van der Waals surface area (Å²) in [4.78, 5) is 71.9. The smallest absolute Gasteiger partial charge is 0.369 e. The minimum Gasteiger partial charge on any atom is -0.504 e. The Morgan fingerprint density at radius 2 is 0.703 bits per heavy atom. The van der Waals surface area contributed by atoms with Crippen LogP contribution < -0.4 is 92.3 Å².